The van der Waals surface area contributed by atoms with Crippen LogP contribution in [-0.4, -0.2) is 28.7 Å². The third-order valence-electron chi connectivity index (χ3n) is 4.23. The molecule has 0 spiro atoms. The van der Waals surface area contributed by atoms with Crippen LogP contribution < -0.4 is 10.1 Å². The summed E-state index contributed by atoms with van der Waals surface area (Å²) in [7, 11) is 0. The number of hydrogen-bond donors (Lipinski definition) is 2. The fourth-order valence-corrected chi connectivity index (χ4v) is 2.86. The molecule has 0 amide bonds. The van der Waals surface area contributed by atoms with Crippen molar-refractivity contribution in [3.63, 3.8) is 0 Å². The van der Waals surface area contributed by atoms with E-state index in [0.29, 0.717) is 34.5 Å². The molecule has 1 atom stereocenters. The molecule has 28 heavy (non-hydrogen) atoms. The molecule has 3 aromatic rings. The van der Waals surface area contributed by atoms with Gasteiger partial charge in [-0.05, 0) is 56.3 Å². The lowest BCUT2D eigenvalue weighted by Gasteiger charge is -2.17. The first-order valence-corrected chi connectivity index (χ1v) is 8.70. The summed E-state index contributed by atoms with van der Waals surface area (Å²) in [5, 5.41) is 22.2. The minimum atomic E-state index is -1.09. The molecule has 6 nitrogen and oxygen atoms in total. The quantitative estimate of drug-likeness (QED) is 0.667. The van der Waals surface area contributed by atoms with Crippen molar-refractivity contribution in [3.8, 4) is 23.1 Å². The summed E-state index contributed by atoms with van der Waals surface area (Å²) in [4.78, 5) is 15.8. The van der Waals surface area contributed by atoms with E-state index in [0.717, 1.165) is 0 Å². The number of nitrogens with one attached hydrogen (secondary N) is 1. The van der Waals surface area contributed by atoms with Gasteiger partial charge in [-0.2, -0.15) is 5.26 Å². The maximum atomic E-state index is 13.8. The third kappa shape index (κ3) is 3.71. The van der Waals surface area contributed by atoms with Gasteiger partial charge in [-0.1, -0.05) is 0 Å². The fraction of sp³-hybridized carbons (Fsp3) is 0.190. The van der Waals surface area contributed by atoms with Crippen LogP contribution in [0.4, 0.5) is 10.1 Å². The van der Waals surface area contributed by atoms with Gasteiger partial charge in [0.1, 0.15) is 29.2 Å². The molecular weight excluding hydrogens is 361 g/mol. The summed E-state index contributed by atoms with van der Waals surface area (Å²) in [5.74, 6) is -0.906. The Labute approximate surface area is 161 Å². The van der Waals surface area contributed by atoms with E-state index in [1.807, 2.05) is 6.92 Å². The first-order chi connectivity index (χ1) is 13.4. The van der Waals surface area contributed by atoms with Gasteiger partial charge in [0, 0.05) is 10.9 Å². The lowest BCUT2D eigenvalue weighted by molar-refractivity contribution is -0.137. The van der Waals surface area contributed by atoms with Crippen LogP contribution in [0.25, 0.3) is 22.2 Å². The second-order valence-corrected chi connectivity index (χ2v) is 6.15. The van der Waals surface area contributed by atoms with E-state index < -0.39 is 17.8 Å². The largest absolute Gasteiger partial charge is 0.494 e. The van der Waals surface area contributed by atoms with Crippen LogP contribution in [0.3, 0.4) is 0 Å². The maximum Gasteiger partial charge on any atom is 0.325 e. The second kappa shape index (κ2) is 7.92. The molecule has 0 aliphatic heterocycles. The number of nitriles is 1. The number of rotatable bonds is 6. The van der Waals surface area contributed by atoms with Crippen molar-refractivity contribution < 1.29 is 19.0 Å². The predicted molar refractivity (Wildman–Crippen MR) is 104 cm³/mol. The number of aliphatic carboxylic acids is 1. The van der Waals surface area contributed by atoms with E-state index in [1.54, 1.807) is 24.3 Å². The zero-order valence-corrected chi connectivity index (χ0v) is 15.4. The van der Waals surface area contributed by atoms with Crippen LogP contribution in [0, 0.1) is 17.1 Å². The van der Waals surface area contributed by atoms with Crippen molar-refractivity contribution in [3.05, 3.63) is 53.8 Å². The number of anilines is 1. The minimum absolute atomic E-state index is 0.148. The number of nitrogens with zero attached hydrogens (tertiary/aromatic N) is 2. The molecule has 2 aromatic carbocycles. The van der Waals surface area contributed by atoms with Crippen LogP contribution in [-0.2, 0) is 4.79 Å². The summed E-state index contributed by atoms with van der Waals surface area (Å²) in [5.41, 5.74) is 1.88. The molecule has 0 bridgehead atoms. The Balaban J connectivity index is 2.24. The molecule has 0 aliphatic carbocycles. The number of halogens is 1. The summed E-state index contributed by atoms with van der Waals surface area (Å²) in [6.07, 6.45) is 0. The second-order valence-electron chi connectivity index (χ2n) is 6.15. The number of carboxylic acid groups (broad SMARTS) is 1. The van der Waals surface area contributed by atoms with Crippen LogP contribution in [0.15, 0.2) is 42.5 Å². The highest BCUT2D eigenvalue weighted by atomic mass is 19.1. The number of benzene rings is 2. The van der Waals surface area contributed by atoms with Crippen molar-refractivity contribution >= 4 is 22.6 Å². The number of hydrogen-bond acceptors (Lipinski definition) is 5. The Bertz CT molecular complexity index is 1070. The first-order valence-electron chi connectivity index (χ1n) is 8.70. The smallest absolute Gasteiger partial charge is 0.325 e. The molecule has 142 valence electrons. The monoisotopic (exact) mass is 379 g/mol. The van der Waals surface area contributed by atoms with Gasteiger partial charge in [-0.3, -0.25) is 4.79 Å². The van der Waals surface area contributed by atoms with Gasteiger partial charge in [-0.15, -0.1) is 0 Å². The Hall–Kier alpha value is -3.66. The molecule has 0 saturated carbocycles. The highest BCUT2D eigenvalue weighted by Crippen LogP contribution is 2.35. The highest BCUT2D eigenvalue weighted by molar-refractivity contribution is 5.99. The van der Waals surface area contributed by atoms with Crippen molar-refractivity contribution in [1.82, 2.24) is 4.98 Å². The molecule has 0 aliphatic rings. The van der Waals surface area contributed by atoms with E-state index in [4.69, 9.17) is 4.74 Å². The number of fused-ring (bicyclic) bond motifs is 1. The molecule has 0 saturated heterocycles. The SMILES string of the molecule is CCOc1ccc(-c2nc3ccc(F)cc3c(NC(C)C(=O)O)c2C#N)cc1. The average Bonchev–Trinajstić information content (AvgIpc) is 2.68. The molecule has 1 heterocycles. The van der Waals surface area contributed by atoms with Gasteiger partial charge in [0.25, 0.3) is 0 Å². The van der Waals surface area contributed by atoms with Gasteiger partial charge in [-0.25, -0.2) is 9.37 Å². The van der Waals surface area contributed by atoms with Crippen LogP contribution in [0.5, 0.6) is 5.75 Å². The molecule has 7 heteroatoms. The van der Waals surface area contributed by atoms with Crippen molar-refractivity contribution in [2.45, 2.75) is 19.9 Å². The van der Waals surface area contributed by atoms with Crippen LogP contribution in [0.2, 0.25) is 0 Å². The van der Waals surface area contributed by atoms with Gasteiger partial charge in [0.05, 0.1) is 23.5 Å². The molecule has 1 unspecified atom stereocenters. The maximum absolute atomic E-state index is 13.8. The van der Waals surface area contributed by atoms with Gasteiger partial charge >= 0.3 is 5.97 Å². The number of aromatic nitrogens is 1. The number of carboxylic acids is 1. The molecule has 1 aromatic heterocycles. The molecule has 2 N–H and O–H groups in total. The number of carbonyl (C=O) groups is 1. The Kier molecular flexibility index (Phi) is 5.41. The first kappa shape index (κ1) is 19.1. The topological polar surface area (TPSA) is 95.2 Å². The molecule has 0 radical (unpaired) electrons. The average molecular weight is 379 g/mol. The summed E-state index contributed by atoms with van der Waals surface area (Å²) < 4.78 is 19.3. The third-order valence-corrected chi connectivity index (χ3v) is 4.23. The Morgan fingerprint density at radius 1 is 1.32 bits per heavy atom. The highest BCUT2D eigenvalue weighted by Gasteiger charge is 2.20. The fourth-order valence-electron chi connectivity index (χ4n) is 2.86. The van der Waals surface area contributed by atoms with Crippen molar-refractivity contribution in [2.24, 2.45) is 0 Å². The molecular formula is C21H18FN3O3. The lowest BCUT2D eigenvalue weighted by Crippen LogP contribution is -2.26. The van der Waals surface area contributed by atoms with Crippen LogP contribution >= 0.6 is 0 Å². The lowest BCUT2D eigenvalue weighted by atomic mass is 10.0. The van der Waals surface area contributed by atoms with E-state index in [-0.39, 0.29) is 11.3 Å². The van der Waals surface area contributed by atoms with Crippen molar-refractivity contribution in [1.29, 1.82) is 5.26 Å². The summed E-state index contributed by atoms with van der Waals surface area (Å²) >= 11 is 0. The number of pyridine rings is 1. The normalized spacial score (nSPS) is 11.6. The van der Waals surface area contributed by atoms with E-state index >= 15 is 0 Å². The standard InChI is InChI=1S/C21H18FN3O3/c1-3-28-15-7-4-13(5-8-15)19-17(11-23)20(24-12(2)21(26)27)16-10-14(22)6-9-18(16)25-19/h4-10,12H,3H2,1-2H3,(H,24,25)(H,26,27). The van der Waals surface area contributed by atoms with Gasteiger partial charge in [0.15, 0.2) is 0 Å². The van der Waals surface area contributed by atoms with Crippen molar-refractivity contribution in [2.75, 3.05) is 11.9 Å². The van der Waals surface area contributed by atoms with Gasteiger partial charge < -0.3 is 15.2 Å². The molecule has 0 fully saturated rings. The Morgan fingerprint density at radius 2 is 2.04 bits per heavy atom. The Morgan fingerprint density at radius 3 is 2.64 bits per heavy atom. The predicted octanol–water partition coefficient (Wildman–Crippen LogP) is 4.20. The summed E-state index contributed by atoms with van der Waals surface area (Å²) in [6, 6.07) is 12.2. The zero-order valence-electron chi connectivity index (χ0n) is 15.4. The number of ether oxygens (including phenoxy) is 1. The van der Waals surface area contributed by atoms with Gasteiger partial charge in [0.2, 0.25) is 0 Å². The van der Waals surface area contributed by atoms with E-state index in [9.17, 15) is 19.6 Å². The van der Waals surface area contributed by atoms with E-state index in [1.165, 1.54) is 25.1 Å². The summed E-state index contributed by atoms with van der Waals surface area (Å²) in [6.45, 7) is 3.86. The van der Waals surface area contributed by atoms with Crippen LogP contribution in [0.1, 0.15) is 19.4 Å². The molecule has 3 rings (SSSR count). The zero-order chi connectivity index (χ0) is 20.3. The minimum Gasteiger partial charge on any atom is -0.494 e. The van der Waals surface area contributed by atoms with E-state index in [2.05, 4.69) is 16.4 Å².